The van der Waals surface area contributed by atoms with Crippen LogP contribution in [0.5, 0.6) is 0 Å². The van der Waals surface area contributed by atoms with Gasteiger partial charge in [0.2, 0.25) is 0 Å². The van der Waals surface area contributed by atoms with E-state index in [0.717, 1.165) is 19.4 Å². The fourth-order valence-corrected chi connectivity index (χ4v) is 1.43. The third kappa shape index (κ3) is 1.53. The summed E-state index contributed by atoms with van der Waals surface area (Å²) in [6, 6.07) is 0.217. The van der Waals surface area contributed by atoms with E-state index in [0.29, 0.717) is 6.04 Å². The van der Waals surface area contributed by atoms with Crippen molar-refractivity contribution in [1.29, 1.82) is 0 Å². The number of carbonyl (C=O) groups is 1. The zero-order valence-corrected chi connectivity index (χ0v) is 7.08. The van der Waals surface area contributed by atoms with E-state index in [1.807, 2.05) is 4.90 Å². The molecular weight excluding hydrogens is 142 g/mol. The molecule has 2 atom stereocenters. The molecule has 0 aliphatic carbocycles. The summed E-state index contributed by atoms with van der Waals surface area (Å²) in [5, 5.41) is 8.71. The Balaban J connectivity index is 2.42. The molecule has 1 unspecified atom stereocenters. The Morgan fingerprint density at radius 3 is 2.73 bits per heavy atom. The van der Waals surface area contributed by atoms with Crippen molar-refractivity contribution in [3.8, 4) is 0 Å². The van der Waals surface area contributed by atoms with Crippen LogP contribution in [0.25, 0.3) is 0 Å². The molecule has 1 aliphatic heterocycles. The van der Waals surface area contributed by atoms with Crippen molar-refractivity contribution in [3.05, 3.63) is 0 Å². The molecule has 0 aromatic heterocycles. The molecule has 1 N–H and O–H groups in total. The van der Waals surface area contributed by atoms with Gasteiger partial charge in [-0.05, 0) is 19.8 Å². The molecule has 0 amide bonds. The molecule has 11 heavy (non-hydrogen) atoms. The molecule has 3 heteroatoms. The van der Waals surface area contributed by atoms with Crippen LogP contribution in [-0.4, -0.2) is 34.6 Å². The van der Waals surface area contributed by atoms with Crippen molar-refractivity contribution in [2.45, 2.75) is 38.8 Å². The second-order valence-electron chi connectivity index (χ2n) is 3.14. The lowest BCUT2D eigenvalue weighted by molar-refractivity contribution is -0.149. The van der Waals surface area contributed by atoms with Gasteiger partial charge < -0.3 is 5.11 Å². The highest BCUT2D eigenvalue weighted by molar-refractivity contribution is 5.74. The van der Waals surface area contributed by atoms with E-state index in [2.05, 4.69) is 13.8 Å². The summed E-state index contributed by atoms with van der Waals surface area (Å²) >= 11 is 0. The molecule has 1 fully saturated rings. The van der Waals surface area contributed by atoms with Crippen molar-refractivity contribution >= 4 is 5.97 Å². The fourth-order valence-electron chi connectivity index (χ4n) is 1.43. The summed E-state index contributed by atoms with van der Waals surface area (Å²) < 4.78 is 0. The van der Waals surface area contributed by atoms with Crippen LogP contribution in [0, 0.1) is 0 Å². The van der Waals surface area contributed by atoms with Gasteiger partial charge in [0.1, 0.15) is 6.04 Å². The largest absolute Gasteiger partial charge is 0.480 e. The first-order chi connectivity index (χ1) is 5.16. The van der Waals surface area contributed by atoms with Crippen LogP contribution >= 0.6 is 0 Å². The maximum Gasteiger partial charge on any atom is 0.320 e. The summed E-state index contributed by atoms with van der Waals surface area (Å²) in [6.07, 6.45) is 1.85. The van der Waals surface area contributed by atoms with Gasteiger partial charge in [-0.15, -0.1) is 0 Å². The Morgan fingerprint density at radius 2 is 2.45 bits per heavy atom. The van der Waals surface area contributed by atoms with Crippen LogP contribution in [0.3, 0.4) is 0 Å². The van der Waals surface area contributed by atoms with Crippen LogP contribution in [0.2, 0.25) is 0 Å². The minimum Gasteiger partial charge on any atom is -0.480 e. The summed E-state index contributed by atoms with van der Waals surface area (Å²) in [4.78, 5) is 12.6. The third-order valence-electron chi connectivity index (χ3n) is 2.50. The third-order valence-corrected chi connectivity index (χ3v) is 2.50. The maximum atomic E-state index is 10.6. The topological polar surface area (TPSA) is 40.5 Å². The molecule has 0 bridgehead atoms. The lowest BCUT2D eigenvalue weighted by Gasteiger charge is -2.42. The van der Waals surface area contributed by atoms with Gasteiger partial charge in [0.25, 0.3) is 0 Å². The molecule has 3 nitrogen and oxygen atoms in total. The molecule has 0 aromatic rings. The highest BCUT2D eigenvalue weighted by atomic mass is 16.4. The van der Waals surface area contributed by atoms with Gasteiger partial charge in [-0.1, -0.05) is 6.92 Å². The zero-order valence-electron chi connectivity index (χ0n) is 7.08. The molecule has 1 heterocycles. The Labute approximate surface area is 67.0 Å². The second-order valence-corrected chi connectivity index (χ2v) is 3.14. The predicted molar refractivity (Wildman–Crippen MR) is 42.5 cm³/mol. The number of carboxylic acid groups (broad SMARTS) is 1. The van der Waals surface area contributed by atoms with E-state index in [4.69, 9.17) is 5.11 Å². The predicted octanol–water partition coefficient (Wildman–Crippen LogP) is 0.944. The molecule has 1 aliphatic rings. The Morgan fingerprint density at radius 1 is 1.82 bits per heavy atom. The quantitative estimate of drug-likeness (QED) is 0.663. The van der Waals surface area contributed by atoms with Gasteiger partial charge in [0, 0.05) is 12.6 Å². The van der Waals surface area contributed by atoms with Gasteiger partial charge in [-0.2, -0.15) is 0 Å². The van der Waals surface area contributed by atoms with E-state index in [1.165, 1.54) is 0 Å². The zero-order chi connectivity index (χ0) is 8.43. The van der Waals surface area contributed by atoms with Gasteiger partial charge in [0.15, 0.2) is 0 Å². The van der Waals surface area contributed by atoms with Crippen molar-refractivity contribution in [2.75, 3.05) is 6.54 Å². The Hall–Kier alpha value is -0.570. The second kappa shape index (κ2) is 3.22. The first-order valence-electron chi connectivity index (χ1n) is 4.15. The molecular formula is C8H15NO2. The normalized spacial score (nSPS) is 27.6. The summed E-state index contributed by atoms with van der Waals surface area (Å²) in [5.74, 6) is -0.670. The highest BCUT2D eigenvalue weighted by Crippen LogP contribution is 2.21. The van der Waals surface area contributed by atoms with Crippen molar-refractivity contribution in [1.82, 2.24) is 4.90 Å². The number of carboxylic acids is 1. The molecule has 64 valence electrons. The lowest BCUT2D eigenvalue weighted by atomic mass is 9.99. The van der Waals surface area contributed by atoms with Crippen molar-refractivity contribution < 1.29 is 9.90 Å². The average Bonchev–Trinajstić information content (AvgIpc) is 1.83. The van der Waals surface area contributed by atoms with E-state index in [-0.39, 0.29) is 6.04 Å². The fraction of sp³-hybridized carbons (Fsp3) is 0.875. The van der Waals surface area contributed by atoms with Crippen LogP contribution in [0.4, 0.5) is 0 Å². The first kappa shape index (κ1) is 8.53. The Bertz CT molecular complexity index is 158. The van der Waals surface area contributed by atoms with E-state index in [1.54, 1.807) is 0 Å². The molecule has 0 saturated carbocycles. The number of rotatable bonds is 3. The molecule has 0 radical (unpaired) electrons. The molecule has 0 aromatic carbocycles. The van der Waals surface area contributed by atoms with Crippen molar-refractivity contribution in [3.63, 3.8) is 0 Å². The first-order valence-corrected chi connectivity index (χ1v) is 4.15. The summed E-state index contributed by atoms with van der Waals surface area (Å²) in [7, 11) is 0. The van der Waals surface area contributed by atoms with E-state index < -0.39 is 5.97 Å². The maximum absolute atomic E-state index is 10.6. The number of hydrogen-bond acceptors (Lipinski definition) is 2. The van der Waals surface area contributed by atoms with Gasteiger partial charge in [-0.25, -0.2) is 0 Å². The van der Waals surface area contributed by atoms with Crippen LogP contribution in [0.1, 0.15) is 26.7 Å². The van der Waals surface area contributed by atoms with E-state index in [9.17, 15) is 4.79 Å². The highest BCUT2D eigenvalue weighted by Gasteiger charge is 2.36. The minimum absolute atomic E-state index is 0.204. The molecule has 1 rings (SSSR count). The number of likely N-dealkylation sites (tertiary alicyclic amines) is 1. The Kier molecular flexibility index (Phi) is 2.49. The summed E-state index contributed by atoms with van der Waals surface area (Å²) in [6.45, 7) is 5.11. The van der Waals surface area contributed by atoms with Crippen LogP contribution in [0.15, 0.2) is 0 Å². The lowest BCUT2D eigenvalue weighted by Crippen LogP contribution is -2.55. The summed E-state index contributed by atoms with van der Waals surface area (Å²) in [5.41, 5.74) is 0. The standard InChI is InChI=1S/C8H15NO2/c1-3-6(2)9-5-4-7(9)8(10)11/h6-7H,3-5H2,1-2H3,(H,10,11)/t6?,7-/m1/s1. The smallest absolute Gasteiger partial charge is 0.320 e. The SMILES string of the molecule is CCC(C)N1CC[C@@H]1C(=O)O. The van der Waals surface area contributed by atoms with Gasteiger partial charge in [0.05, 0.1) is 0 Å². The average molecular weight is 157 g/mol. The number of hydrogen-bond donors (Lipinski definition) is 1. The van der Waals surface area contributed by atoms with E-state index >= 15 is 0 Å². The van der Waals surface area contributed by atoms with Crippen LogP contribution in [-0.2, 0) is 4.79 Å². The van der Waals surface area contributed by atoms with Gasteiger partial charge >= 0.3 is 5.97 Å². The number of nitrogens with zero attached hydrogens (tertiary/aromatic N) is 1. The van der Waals surface area contributed by atoms with Crippen LogP contribution < -0.4 is 0 Å². The minimum atomic E-state index is -0.670. The molecule has 0 spiro atoms. The van der Waals surface area contributed by atoms with Crippen molar-refractivity contribution in [2.24, 2.45) is 0 Å². The monoisotopic (exact) mass is 157 g/mol. The molecule has 1 saturated heterocycles. The number of aliphatic carboxylic acids is 1. The van der Waals surface area contributed by atoms with Gasteiger partial charge in [-0.3, -0.25) is 9.69 Å².